The fourth-order valence-corrected chi connectivity index (χ4v) is 1.83. The Balaban J connectivity index is 2.76. The molecule has 0 fully saturated rings. The lowest BCUT2D eigenvalue weighted by molar-refractivity contribution is 0.316. The van der Waals surface area contributed by atoms with Crippen LogP contribution in [0, 0.1) is 0 Å². The molecule has 0 aromatic heterocycles. The number of anilines is 1. The van der Waals surface area contributed by atoms with E-state index in [9.17, 15) is 0 Å². The van der Waals surface area contributed by atoms with Crippen LogP contribution in [0.1, 0.15) is 13.3 Å². The highest BCUT2D eigenvalue weighted by molar-refractivity contribution is 9.10. The van der Waals surface area contributed by atoms with Crippen molar-refractivity contribution in [1.29, 1.82) is 0 Å². The van der Waals surface area contributed by atoms with Gasteiger partial charge in [-0.25, -0.2) is 0 Å². The Morgan fingerprint density at radius 1 is 1.65 bits per heavy atom. The van der Waals surface area contributed by atoms with Crippen molar-refractivity contribution in [2.24, 2.45) is 10.9 Å². The van der Waals surface area contributed by atoms with E-state index in [0.717, 1.165) is 15.9 Å². The van der Waals surface area contributed by atoms with Gasteiger partial charge < -0.3 is 21.0 Å². The van der Waals surface area contributed by atoms with Crippen molar-refractivity contribution in [3.05, 3.63) is 22.7 Å². The Labute approximate surface area is 109 Å². The summed E-state index contributed by atoms with van der Waals surface area (Å²) in [7, 11) is 1.61. The number of rotatable bonds is 5. The van der Waals surface area contributed by atoms with Crippen LogP contribution in [0.25, 0.3) is 0 Å². The van der Waals surface area contributed by atoms with E-state index < -0.39 is 0 Å². The lowest BCUT2D eigenvalue weighted by Gasteiger charge is -2.17. The zero-order chi connectivity index (χ0) is 12.8. The van der Waals surface area contributed by atoms with Gasteiger partial charge in [0, 0.05) is 16.9 Å². The van der Waals surface area contributed by atoms with Gasteiger partial charge in [0.05, 0.1) is 12.8 Å². The Hall–Kier alpha value is -1.43. The highest BCUT2D eigenvalue weighted by Crippen LogP contribution is 2.28. The molecule has 1 aromatic rings. The van der Waals surface area contributed by atoms with Crippen molar-refractivity contribution in [1.82, 2.24) is 0 Å². The molecule has 5 nitrogen and oxygen atoms in total. The number of methoxy groups -OCH3 is 1. The second-order valence-electron chi connectivity index (χ2n) is 3.69. The molecule has 0 saturated heterocycles. The first-order valence-corrected chi connectivity index (χ1v) is 5.92. The molecule has 1 unspecified atom stereocenters. The summed E-state index contributed by atoms with van der Waals surface area (Å²) in [6.45, 7) is 1.94. The fourth-order valence-electron chi connectivity index (χ4n) is 1.46. The summed E-state index contributed by atoms with van der Waals surface area (Å²) in [5.41, 5.74) is 6.31. The van der Waals surface area contributed by atoms with E-state index in [0.29, 0.717) is 6.42 Å². The second-order valence-corrected chi connectivity index (χ2v) is 4.60. The highest BCUT2D eigenvalue weighted by atomic mass is 79.9. The van der Waals surface area contributed by atoms with E-state index in [-0.39, 0.29) is 11.9 Å². The summed E-state index contributed by atoms with van der Waals surface area (Å²) >= 11 is 3.40. The summed E-state index contributed by atoms with van der Waals surface area (Å²) in [4.78, 5) is 0. The van der Waals surface area contributed by atoms with Gasteiger partial charge in [-0.1, -0.05) is 21.1 Å². The molecule has 0 bridgehead atoms. The van der Waals surface area contributed by atoms with E-state index in [1.807, 2.05) is 25.1 Å². The van der Waals surface area contributed by atoms with Crippen LogP contribution in [0.3, 0.4) is 0 Å². The van der Waals surface area contributed by atoms with Crippen LogP contribution in [-0.2, 0) is 0 Å². The van der Waals surface area contributed by atoms with E-state index in [4.69, 9.17) is 15.7 Å². The maximum atomic E-state index is 8.50. The average molecular weight is 302 g/mol. The van der Waals surface area contributed by atoms with Gasteiger partial charge in [-0.3, -0.25) is 0 Å². The number of nitrogens with one attached hydrogen (secondary N) is 1. The Kier molecular flexibility index (Phi) is 5.09. The fraction of sp³-hybridized carbons (Fsp3) is 0.364. The molecule has 1 aromatic carbocycles. The highest BCUT2D eigenvalue weighted by Gasteiger charge is 2.09. The smallest absolute Gasteiger partial charge is 0.142 e. The molecule has 0 spiro atoms. The number of nitrogens with zero attached hydrogens (tertiary/aromatic N) is 1. The predicted octanol–water partition coefficient (Wildman–Crippen LogP) is 2.39. The first-order valence-electron chi connectivity index (χ1n) is 5.13. The molecular formula is C11H16BrN3O2. The minimum atomic E-state index is 0.0362. The number of hydrogen-bond acceptors (Lipinski definition) is 4. The lowest BCUT2D eigenvalue weighted by atomic mass is 10.2. The van der Waals surface area contributed by atoms with Crippen LogP contribution >= 0.6 is 15.9 Å². The van der Waals surface area contributed by atoms with Crippen molar-refractivity contribution in [2.75, 3.05) is 12.4 Å². The van der Waals surface area contributed by atoms with Crippen LogP contribution in [0.4, 0.5) is 5.69 Å². The minimum Gasteiger partial charge on any atom is -0.495 e. The standard InChI is InChI=1S/C11H16BrN3O2/c1-7(5-11(13)15-16)14-9-6-8(12)3-4-10(9)17-2/h3-4,6-7,14,16H,5H2,1-2H3,(H2,13,15). The molecular weight excluding hydrogens is 286 g/mol. The van der Waals surface area contributed by atoms with Crippen molar-refractivity contribution in [3.63, 3.8) is 0 Å². The quantitative estimate of drug-likeness (QED) is 0.338. The van der Waals surface area contributed by atoms with Gasteiger partial charge in [-0.15, -0.1) is 0 Å². The number of benzene rings is 1. The molecule has 17 heavy (non-hydrogen) atoms. The molecule has 0 aliphatic carbocycles. The van der Waals surface area contributed by atoms with Crippen LogP contribution in [0.5, 0.6) is 5.75 Å². The normalized spacial score (nSPS) is 13.2. The second kappa shape index (κ2) is 6.34. The van der Waals surface area contributed by atoms with Crippen LogP contribution in [0.15, 0.2) is 27.8 Å². The molecule has 1 atom stereocenters. The summed E-state index contributed by atoms with van der Waals surface area (Å²) in [6, 6.07) is 5.72. The zero-order valence-corrected chi connectivity index (χ0v) is 11.4. The van der Waals surface area contributed by atoms with Crippen molar-refractivity contribution in [2.45, 2.75) is 19.4 Å². The third kappa shape index (κ3) is 4.14. The number of ether oxygens (including phenoxy) is 1. The third-order valence-corrected chi connectivity index (χ3v) is 2.70. The zero-order valence-electron chi connectivity index (χ0n) is 9.77. The van der Waals surface area contributed by atoms with Crippen molar-refractivity contribution in [3.8, 4) is 5.75 Å². The molecule has 0 radical (unpaired) electrons. The molecule has 0 heterocycles. The van der Waals surface area contributed by atoms with Crippen molar-refractivity contribution < 1.29 is 9.94 Å². The predicted molar refractivity (Wildman–Crippen MR) is 71.8 cm³/mol. The van der Waals surface area contributed by atoms with Gasteiger partial charge in [0.15, 0.2) is 0 Å². The van der Waals surface area contributed by atoms with E-state index in [1.54, 1.807) is 7.11 Å². The number of nitrogens with two attached hydrogens (primary N) is 1. The van der Waals surface area contributed by atoms with Gasteiger partial charge in [0.25, 0.3) is 0 Å². The van der Waals surface area contributed by atoms with E-state index >= 15 is 0 Å². The summed E-state index contributed by atoms with van der Waals surface area (Å²) in [5.74, 6) is 0.943. The summed E-state index contributed by atoms with van der Waals surface area (Å²) in [5, 5.41) is 14.7. The monoisotopic (exact) mass is 301 g/mol. The van der Waals surface area contributed by atoms with Crippen LogP contribution in [-0.4, -0.2) is 24.2 Å². The van der Waals surface area contributed by atoms with Crippen LogP contribution < -0.4 is 15.8 Å². The third-order valence-electron chi connectivity index (χ3n) is 2.21. The number of hydrogen-bond donors (Lipinski definition) is 3. The Morgan fingerprint density at radius 2 is 2.35 bits per heavy atom. The number of halogens is 1. The molecule has 0 aliphatic rings. The molecule has 0 saturated carbocycles. The van der Waals surface area contributed by atoms with Gasteiger partial charge in [0.1, 0.15) is 11.6 Å². The molecule has 1 rings (SSSR count). The SMILES string of the molecule is COc1ccc(Br)cc1NC(C)CC(N)=NO. The Morgan fingerprint density at radius 3 is 2.94 bits per heavy atom. The topological polar surface area (TPSA) is 79.9 Å². The van der Waals surface area contributed by atoms with Gasteiger partial charge >= 0.3 is 0 Å². The van der Waals surface area contributed by atoms with Gasteiger partial charge in [-0.2, -0.15) is 0 Å². The molecule has 4 N–H and O–H groups in total. The van der Waals surface area contributed by atoms with E-state index in [2.05, 4.69) is 26.4 Å². The first kappa shape index (κ1) is 13.6. The molecule has 6 heteroatoms. The van der Waals surface area contributed by atoms with E-state index in [1.165, 1.54) is 0 Å². The number of amidine groups is 1. The summed E-state index contributed by atoms with van der Waals surface area (Å²) < 4.78 is 6.19. The van der Waals surface area contributed by atoms with Crippen LogP contribution in [0.2, 0.25) is 0 Å². The van der Waals surface area contributed by atoms with Gasteiger partial charge in [0.2, 0.25) is 0 Å². The van der Waals surface area contributed by atoms with Crippen molar-refractivity contribution >= 4 is 27.5 Å². The lowest BCUT2D eigenvalue weighted by Crippen LogP contribution is -2.24. The summed E-state index contributed by atoms with van der Waals surface area (Å²) in [6.07, 6.45) is 0.451. The molecule has 94 valence electrons. The largest absolute Gasteiger partial charge is 0.495 e. The number of oxime groups is 1. The maximum absolute atomic E-state index is 8.50. The average Bonchev–Trinajstić information content (AvgIpc) is 2.29. The maximum Gasteiger partial charge on any atom is 0.142 e. The molecule has 0 amide bonds. The van der Waals surface area contributed by atoms with Gasteiger partial charge in [-0.05, 0) is 25.1 Å². The Bertz CT molecular complexity index is 410. The first-order chi connectivity index (χ1) is 8.06. The minimum absolute atomic E-state index is 0.0362. The molecule has 0 aliphatic heterocycles.